The van der Waals surface area contributed by atoms with Crippen molar-refractivity contribution in [3.05, 3.63) is 40.4 Å². The Bertz CT molecular complexity index is 900. The van der Waals surface area contributed by atoms with Gasteiger partial charge in [0.25, 0.3) is 0 Å². The molecule has 3 heterocycles. The second-order valence-electron chi connectivity index (χ2n) is 6.17. The molecule has 0 saturated carbocycles. The van der Waals surface area contributed by atoms with Crippen molar-refractivity contribution in [2.75, 3.05) is 31.7 Å². The Hall–Kier alpha value is -1.93. The molecule has 1 saturated heterocycles. The maximum absolute atomic E-state index is 9.51. The van der Waals surface area contributed by atoms with E-state index in [-0.39, 0.29) is 12.0 Å². The molecule has 3 aromatic rings. The van der Waals surface area contributed by atoms with Crippen molar-refractivity contribution in [2.24, 2.45) is 5.41 Å². The quantitative estimate of drug-likeness (QED) is 0.708. The Morgan fingerprint density at radius 2 is 1.92 bits per heavy atom. The van der Waals surface area contributed by atoms with Crippen molar-refractivity contribution in [3.8, 4) is 11.4 Å². The summed E-state index contributed by atoms with van der Waals surface area (Å²) in [7, 11) is 0. The minimum atomic E-state index is -0.243. The van der Waals surface area contributed by atoms with Gasteiger partial charge in [-0.3, -0.25) is 0 Å². The fraction of sp³-hybridized carbons (Fsp3) is 0.312. The summed E-state index contributed by atoms with van der Waals surface area (Å²) in [5.74, 6) is 1.20. The van der Waals surface area contributed by atoms with Crippen LogP contribution in [0, 0.1) is 5.41 Å². The van der Waals surface area contributed by atoms with E-state index in [1.54, 1.807) is 22.7 Å². The second-order valence-corrected chi connectivity index (χ2v) is 7.05. The first-order chi connectivity index (χ1) is 12.1. The normalized spacial score (nSPS) is 16.0. The summed E-state index contributed by atoms with van der Waals surface area (Å²) >= 11 is 12.2. The van der Waals surface area contributed by atoms with Crippen molar-refractivity contribution in [1.82, 2.24) is 19.8 Å². The van der Waals surface area contributed by atoms with Gasteiger partial charge in [-0.15, -0.1) is 15.3 Å². The predicted molar refractivity (Wildman–Crippen MR) is 95.1 cm³/mol. The van der Waals surface area contributed by atoms with E-state index in [9.17, 15) is 5.11 Å². The summed E-state index contributed by atoms with van der Waals surface area (Å²) in [6.07, 6.45) is 0. The molecule has 4 rings (SSSR count). The van der Waals surface area contributed by atoms with E-state index in [1.165, 1.54) is 0 Å². The number of nitrogens with zero attached hydrogens (tertiary/aromatic N) is 4. The van der Waals surface area contributed by atoms with E-state index >= 15 is 0 Å². The van der Waals surface area contributed by atoms with Gasteiger partial charge in [-0.1, -0.05) is 23.2 Å². The highest BCUT2D eigenvalue weighted by Gasteiger charge is 2.37. The predicted octanol–water partition coefficient (Wildman–Crippen LogP) is 2.52. The molecule has 0 spiro atoms. The van der Waals surface area contributed by atoms with Crippen molar-refractivity contribution in [3.63, 3.8) is 0 Å². The van der Waals surface area contributed by atoms with E-state index in [1.807, 2.05) is 12.1 Å². The number of nitrogens with one attached hydrogen (secondary N) is 1. The van der Waals surface area contributed by atoms with Gasteiger partial charge in [0, 0.05) is 22.2 Å². The van der Waals surface area contributed by atoms with Crippen molar-refractivity contribution >= 4 is 34.7 Å². The SMILES string of the molecule is OCC1(CNc2ccc3nnc(-c4cc(Cl)cc(Cl)c4)n3n2)COC1. The van der Waals surface area contributed by atoms with Crippen molar-refractivity contribution in [2.45, 2.75) is 0 Å². The molecule has 0 atom stereocenters. The highest BCUT2D eigenvalue weighted by atomic mass is 35.5. The van der Waals surface area contributed by atoms with Crippen molar-refractivity contribution < 1.29 is 9.84 Å². The fourth-order valence-corrected chi connectivity index (χ4v) is 3.19. The van der Waals surface area contributed by atoms with Crippen LogP contribution in [0.1, 0.15) is 0 Å². The molecule has 2 N–H and O–H groups in total. The minimum absolute atomic E-state index is 0.0706. The van der Waals surface area contributed by atoms with Gasteiger partial charge in [-0.05, 0) is 30.3 Å². The standard InChI is InChI=1S/C16H15Cl2N5O2/c17-11-3-10(4-12(18)5-11)15-21-20-14-2-1-13(22-23(14)15)19-6-16(7-24)8-25-9-16/h1-5,24H,6-9H2,(H,19,22). The molecule has 130 valence electrons. The van der Waals surface area contributed by atoms with Gasteiger partial charge in [0.05, 0.1) is 25.2 Å². The van der Waals surface area contributed by atoms with Crippen LogP contribution in [0.5, 0.6) is 0 Å². The average Bonchev–Trinajstić information content (AvgIpc) is 2.96. The van der Waals surface area contributed by atoms with E-state index in [0.29, 0.717) is 47.1 Å². The number of rotatable bonds is 5. The number of halogens is 2. The number of ether oxygens (including phenoxy) is 1. The molecule has 25 heavy (non-hydrogen) atoms. The lowest BCUT2D eigenvalue weighted by molar-refractivity contribution is -0.128. The topological polar surface area (TPSA) is 84.6 Å². The average molecular weight is 380 g/mol. The van der Waals surface area contributed by atoms with Crippen molar-refractivity contribution in [1.29, 1.82) is 0 Å². The van der Waals surface area contributed by atoms with Gasteiger partial charge >= 0.3 is 0 Å². The van der Waals surface area contributed by atoms with Crippen LogP contribution in [0.3, 0.4) is 0 Å². The molecular weight excluding hydrogens is 365 g/mol. The maximum Gasteiger partial charge on any atom is 0.185 e. The molecule has 0 amide bonds. The summed E-state index contributed by atoms with van der Waals surface area (Å²) in [5.41, 5.74) is 1.10. The summed E-state index contributed by atoms with van der Waals surface area (Å²) in [5, 5.41) is 26.6. The lowest BCUT2D eigenvalue weighted by Gasteiger charge is -2.39. The number of aliphatic hydroxyl groups excluding tert-OH is 1. The monoisotopic (exact) mass is 379 g/mol. The number of fused-ring (bicyclic) bond motifs is 1. The number of aliphatic hydroxyl groups is 1. The molecule has 0 aliphatic carbocycles. The minimum Gasteiger partial charge on any atom is -0.396 e. The Balaban J connectivity index is 1.65. The molecule has 7 nitrogen and oxygen atoms in total. The third kappa shape index (κ3) is 3.16. The third-order valence-electron chi connectivity index (χ3n) is 4.18. The number of anilines is 1. The van der Waals surface area contributed by atoms with Gasteiger partial charge in [0.1, 0.15) is 5.82 Å². The first-order valence-electron chi connectivity index (χ1n) is 7.70. The van der Waals surface area contributed by atoms with E-state index < -0.39 is 0 Å². The van der Waals surface area contributed by atoms with Crippen LogP contribution in [0.15, 0.2) is 30.3 Å². The zero-order valence-electron chi connectivity index (χ0n) is 13.1. The summed E-state index contributed by atoms with van der Waals surface area (Å²) < 4.78 is 6.84. The Morgan fingerprint density at radius 1 is 1.16 bits per heavy atom. The molecule has 0 bridgehead atoms. The highest BCUT2D eigenvalue weighted by Crippen LogP contribution is 2.28. The van der Waals surface area contributed by atoms with Crippen LogP contribution in [-0.2, 0) is 4.74 Å². The van der Waals surface area contributed by atoms with Gasteiger partial charge in [0.2, 0.25) is 0 Å². The number of hydrogen-bond acceptors (Lipinski definition) is 6. The lowest BCUT2D eigenvalue weighted by Crippen LogP contribution is -2.50. The van der Waals surface area contributed by atoms with Crippen LogP contribution < -0.4 is 5.32 Å². The first-order valence-corrected chi connectivity index (χ1v) is 8.46. The molecule has 2 aromatic heterocycles. The Morgan fingerprint density at radius 3 is 2.56 bits per heavy atom. The third-order valence-corrected chi connectivity index (χ3v) is 4.62. The van der Waals surface area contributed by atoms with Gasteiger partial charge in [0.15, 0.2) is 11.5 Å². The molecule has 0 radical (unpaired) electrons. The summed E-state index contributed by atoms with van der Waals surface area (Å²) in [4.78, 5) is 0. The van der Waals surface area contributed by atoms with Gasteiger partial charge < -0.3 is 15.2 Å². The maximum atomic E-state index is 9.51. The second kappa shape index (κ2) is 6.42. The molecule has 9 heteroatoms. The Kier molecular flexibility index (Phi) is 4.24. The van der Waals surface area contributed by atoms with E-state index in [2.05, 4.69) is 20.6 Å². The number of benzene rings is 1. The first kappa shape index (κ1) is 16.5. The van der Waals surface area contributed by atoms with E-state index in [4.69, 9.17) is 27.9 Å². The van der Waals surface area contributed by atoms with E-state index in [0.717, 1.165) is 5.56 Å². The molecule has 0 unspecified atom stereocenters. The molecule has 1 fully saturated rings. The van der Waals surface area contributed by atoms with Gasteiger partial charge in [-0.25, -0.2) is 0 Å². The van der Waals surface area contributed by atoms with Crippen LogP contribution in [-0.4, -0.2) is 51.3 Å². The molecular formula is C16H15Cl2N5O2. The van der Waals surface area contributed by atoms with Gasteiger partial charge in [-0.2, -0.15) is 4.52 Å². The largest absolute Gasteiger partial charge is 0.396 e. The highest BCUT2D eigenvalue weighted by molar-refractivity contribution is 6.35. The molecule has 1 aliphatic rings. The molecule has 1 aliphatic heterocycles. The number of aromatic nitrogens is 4. The Labute approximate surface area is 153 Å². The van der Waals surface area contributed by atoms with Crippen LogP contribution >= 0.6 is 23.2 Å². The molecule has 1 aromatic carbocycles. The van der Waals surface area contributed by atoms with Crippen LogP contribution in [0.4, 0.5) is 5.82 Å². The smallest absolute Gasteiger partial charge is 0.185 e. The lowest BCUT2D eigenvalue weighted by atomic mass is 9.87. The fourth-order valence-electron chi connectivity index (χ4n) is 2.66. The summed E-state index contributed by atoms with van der Waals surface area (Å²) in [6, 6.07) is 8.83. The van der Waals surface area contributed by atoms with Crippen LogP contribution in [0.25, 0.3) is 17.0 Å². The zero-order chi connectivity index (χ0) is 17.4. The van der Waals surface area contributed by atoms with Crippen LogP contribution in [0.2, 0.25) is 10.0 Å². The zero-order valence-corrected chi connectivity index (χ0v) is 14.6. The number of hydrogen-bond donors (Lipinski definition) is 2. The summed E-state index contributed by atoms with van der Waals surface area (Å²) in [6.45, 7) is 1.72.